The molecule has 0 bridgehead atoms. The van der Waals surface area contributed by atoms with E-state index in [0.29, 0.717) is 12.2 Å². The van der Waals surface area contributed by atoms with Gasteiger partial charge in [0.1, 0.15) is 23.8 Å². The number of nitrogen functional groups attached to an aromatic ring is 2. The van der Waals surface area contributed by atoms with E-state index < -0.39 is 47.4 Å². The highest BCUT2D eigenvalue weighted by atomic mass is 32.2. The average Bonchev–Trinajstić information content (AvgIpc) is 3.48. The number of aromatic nitrogens is 4. The number of hydrogen-bond donors (Lipinski definition) is 7. The number of imidazole rings is 1. The second-order valence-electron chi connectivity index (χ2n) is 9.09. The summed E-state index contributed by atoms with van der Waals surface area (Å²) in [6.07, 6.45) is -4.35. The van der Waals surface area contributed by atoms with Crippen molar-refractivity contribution in [1.29, 1.82) is 0 Å². The summed E-state index contributed by atoms with van der Waals surface area (Å²) in [7, 11) is -4.62. The molecule has 3 heterocycles. The van der Waals surface area contributed by atoms with Gasteiger partial charge < -0.3 is 37.5 Å². The summed E-state index contributed by atoms with van der Waals surface area (Å²) in [5.41, 5.74) is 19.4. The summed E-state index contributed by atoms with van der Waals surface area (Å²) < 4.78 is 38.4. The van der Waals surface area contributed by atoms with Crippen LogP contribution in [0.4, 0.5) is 23.1 Å². The Morgan fingerprint density at radius 1 is 1.07 bits per heavy atom. The fourth-order valence-electron chi connectivity index (χ4n) is 4.19. The lowest BCUT2D eigenvalue weighted by Gasteiger charge is -2.17. The lowest BCUT2D eigenvalue weighted by Crippen LogP contribution is -2.38. The Hall–Kier alpha value is -4.39. The predicted molar refractivity (Wildman–Crippen MR) is 146 cm³/mol. The van der Waals surface area contributed by atoms with Crippen LogP contribution in [-0.2, 0) is 25.8 Å². The maximum absolute atomic E-state index is 12.4. The molecular weight excluding hydrogens is 558 g/mol. The number of rotatable bonds is 9. The van der Waals surface area contributed by atoms with E-state index in [9.17, 15) is 23.4 Å². The van der Waals surface area contributed by atoms with E-state index in [1.54, 1.807) is 22.9 Å². The molecule has 4 aromatic rings. The number of nitrogens with zero attached hydrogens (tertiary/aromatic N) is 4. The molecule has 216 valence electrons. The SMILES string of the molecule is NCc1ccc(Nc2nc(N)c3ncn([C@@H]4O[C@H](COS(=O)(=O)NC(=O)c5ccccc5N)[C@@H](O)[C@H]4O)c3n2)cc1. The first-order chi connectivity index (χ1) is 19.6. The van der Waals surface area contributed by atoms with Gasteiger partial charge in [0.05, 0.1) is 18.5 Å². The van der Waals surface area contributed by atoms with E-state index in [4.69, 9.17) is 26.1 Å². The molecule has 16 nitrogen and oxygen atoms in total. The van der Waals surface area contributed by atoms with Crippen molar-refractivity contribution >= 4 is 50.5 Å². The van der Waals surface area contributed by atoms with Crippen molar-refractivity contribution in [2.75, 3.05) is 23.4 Å². The molecule has 1 saturated heterocycles. The summed E-state index contributed by atoms with van der Waals surface area (Å²) in [5, 5.41) is 24.3. The topological polar surface area (TPSA) is 256 Å². The van der Waals surface area contributed by atoms with Gasteiger partial charge in [-0.2, -0.15) is 18.4 Å². The largest absolute Gasteiger partial charge is 0.398 e. The van der Waals surface area contributed by atoms with Gasteiger partial charge in [-0.1, -0.05) is 24.3 Å². The van der Waals surface area contributed by atoms with Crippen molar-refractivity contribution in [3.8, 4) is 0 Å². The molecule has 0 radical (unpaired) electrons. The number of carbonyl (C=O) groups is 1. The van der Waals surface area contributed by atoms with Crippen molar-refractivity contribution in [1.82, 2.24) is 24.2 Å². The molecule has 1 fully saturated rings. The van der Waals surface area contributed by atoms with Crippen molar-refractivity contribution in [3.63, 3.8) is 0 Å². The van der Waals surface area contributed by atoms with E-state index in [0.717, 1.165) is 5.56 Å². The molecule has 1 aliphatic rings. The zero-order valence-corrected chi connectivity index (χ0v) is 22.1. The lowest BCUT2D eigenvalue weighted by molar-refractivity contribution is -0.0468. The molecule has 41 heavy (non-hydrogen) atoms. The van der Waals surface area contributed by atoms with Crippen LogP contribution in [0.3, 0.4) is 0 Å². The van der Waals surface area contributed by atoms with Crippen molar-refractivity contribution in [3.05, 3.63) is 66.0 Å². The van der Waals surface area contributed by atoms with Crippen LogP contribution in [0, 0.1) is 0 Å². The zero-order chi connectivity index (χ0) is 29.3. The second kappa shape index (κ2) is 11.2. The van der Waals surface area contributed by atoms with Gasteiger partial charge in [0, 0.05) is 17.9 Å². The second-order valence-corrected chi connectivity index (χ2v) is 10.4. The smallest absolute Gasteiger partial charge is 0.362 e. The Morgan fingerprint density at radius 3 is 2.51 bits per heavy atom. The molecule has 1 aliphatic heterocycles. The van der Waals surface area contributed by atoms with Gasteiger partial charge in [0.15, 0.2) is 17.7 Å². The average molecular weight is 586 g/mol. The highest BCUT2D eigenvalue weighted by Crippen LogP contribution is 2.33. The number of anilines is 4. The van der Waals surface area contributed by atoms with Crippen LogP contribution in [0.15, 0.2) is 54.9 Å². The first-order valence-electron chi connectivity index (χ1n) is 12.2. The number of amides is 1. The number of hydrogen-bond acceptors (Lipinski definition) is 14. The number of benzene rings is 2. The molecule has 10 N–H and O–H groups in total. The number of fused-ring (bicyclic) bond motifs is 1. The molecule has 0 aliphatic carbocycles. The zero-order valence-electron chi connectivity index (χ0n) is 21.3. The van der Waals surface area contributed by atoms with E-state index >= 15 is 0 Å². The number of nitrogens with two attached hydrogens (primary N) is 3. The Morgan fingerprint density at radius 2 is 1.80 bits per heavy atom. The number of aliphatic hydroxyl groups excluding tert-OH is 2. The molecule has 1 amide bonds. The van der Waals surface area contributed by atoms with Crippen LogP contribution in [-0.4, -0.2) is 69.0 Å². The number of aliphatic hydroxyl groups is 2. The first-order valence-corrected chi connectivity index (χ1v) is 13.6. The molecule has 5 rings (SSSR count). The van der Waals surface area contributed by atoms with Gasteiger partial charge >= 0.3 is 10.3 Å². The van der Waals surface area contributed by atoms with Crippen molar-refractivity contribution < 1.29 is 32.3 Å². The number of para-hydroxylation sites is 1. The number of ether oxygens (including phenoxy) is 1. The van der Waals surface area contributed by atoms with Gasteiger partial charge in [-0.25, -0.2) is 9.71 Å². The normalized spacial score (nSPS) is 20.8. The standard InChI is InChI=1S/C24H27N9O7S/c25-9-12-5-7-13(8-6-12)29-24-30-20(27)17-21(31-24)33(11-28-17)23-19(35)18(34)16(40-23)10-39-41(37,38)32-22(36)14-3-1-2-4-15(14)26/h1-8,11,16,18-19,23,34-35H,9-10,25-26H2,(H,32,36)(H3,27,29,30,31)/t16-,18-,19-,23-/m1/s1. The fourth-order valence-corrected chi connectivity index (χ4v) is 4.90. The summed E-state index contributed by atoms with van der Waals surface area (Å²) in [5.74, 6) is -0.828. The third-order valence-corrected chi connectivity index (χ3v) is 7.20. The predicted octanol–water partition coefficient (Wildman–Crippen LogP) is -0.496. The maximum Gasteiger partial charge on any atom is 0.362 e. The summed E-state index contributed by atoms with van der Waals surface area (Å²) in [6.45, 7) is -0.336. The van der Waals surface area contributed by atoms with Crippen LogP contribution >= 0.6 is 0 Å². The van der Waals surface area contributed by atoms with Crippen LogP contribution in [0.2, 0.25) is 0 Å². The van der Waals surface area contributed by atoms with E-state index in [-0.39, 0.29) is 34.2 Å². The quantitative estimate of drug-likeness (QED) is 0.122. The minimum absolute atomic E-state index is 0.0450. The molecule has 2 aromatic heterocycles. The third-order valence-electron chi connectivity index (χ3n) is 6.32. The van der Waals surface area contributed by atoms with Gasteiger partial charge in [-0.05, 0) is 29.8 Å². The van der Waals surface area contributed by atoms with Gasteiger partial charge in [0.2, 0.25) is 5.95 Å². The number of nitrogens with one attached hydrogen (secondary N) is 2. The lowest BCUT2D eigenvalue weighted by atomic mass is 10.1. The highest BCUT2D eigenvalue weighted by molar-refractivity contribution is 7.85. The maximum atomic E-state index is 12.4. The highest BCUT2D eigenvalue weighted by Gasteiger charge is 2.45. The molecule has 17 heteroatoms. The Bertz CT molecular complexity index is 1680. The Labute approximate surface area is 233 Å². The molecule has 0 saturated carbocycles. The summed E-state index contributed by atoms with van der Waals surface area (Å²) in [4.78, 5) is 25.1. The van der Waals surface area contributed by atoms with E-state index in [1.165, 1.54) is 29.1 Å². The minimum atomic E-state index is -4.62. The van der Waals surface area contributed by atoms with E-state index in [1.807, 2.05) is 12.1 Å². The van der Waals surface area contributed by atoms with Crippen LogP contribution in [0.25, 0.3) is 11.2 Å². The van der Waals surface area contributed by atoms with Crippen LogP contribution < -0.4 is 27.2 Å². The van der Waals surface area contributed by atoms with Gasteiger partial charge in [-0.3, -0.25) is 13.5 Å². The minimum Gasteiger partial charge on any atom is -0.398 e. The Kier molecular flexibility index (Phi) is 7.72. The summed E-state index contributed by atoms with van der Waals surface area (Å²) in [6, 6.07) is 13.1. The monoisotopic (exact) mass is 585 g/mol. The Balaban J connectivity index is 1.30. The molecule has 0 spiro atoms. The molecule has 0 unspecified atom stereocenters. The van der Waals surface area contributed by atoms with Crippen molar-refractivity contribution in [2.24, 2.45) is 5.73 Å². The molecular formula is C24H27N9O7S. The van der Waals surface area contributed by atoms with Gasteiger partial charge in [0.25, 0.3) is 5.91 Å². The molecule has 4 atom stereocenters. The van der Waals surface area contributed by atoms with Gasteiger partial charge in [-0.15, -0.1) is 0 Å². The first kappa shape index (κ1) is 28.1. The van der Waals surface area contributed by atoms with Crippen LogP contribution in [0.1, 0.15) is 22.1 Å². The van der Waals surface area contributed by atoms with Crippen LogP contribution in [0.5, 0.6) is 0 Å². The molecule has 2 aromatic carbocycles. The van der Waals surface area contributed by atoms with E-state index in [2.05, 4.69) is 20.3 Å². The van der Waals surface area contributed by atoms with Crippen molar-refractivity contribution in [2.45, 2.75) is 31.1 Å². The third kappa shape index (κ3) is 5.89. The summed E-state index contributed by atoms with van der Waals surface area (Å²) >= 11 is 0. The number of carbonyl (C=O) groups excluding carboxylic acids is 1. The fraction of sp³-hybridized carbons (Fsp3) is 0.250.